The van der Waals surface area contributed by atoms with Crippen molar-refractivity contribution in [1.82, 2.24) is 4.98 Å². The molecule has 0 saturated carbocycles. The number of pyridine rings is 1. The van der Waals surface area contributed by atoms with Crippen LogP contribution in [0.1, 0.15) is 28.9 Å². The lowest BCUT2D eigenvalue weighted by molar-refractivity contribution is 0.102. The Hall–Kier alpha value is -3.54. The molecule has 0 bridgehead atoms. The molecule has 1 aliphatic heterocycles. The molecule has 0 radical (unpaired) electrons. The number of carbonyl (C=O) groups is 1. The van der Waals surface area contributed by atoms with Gasteiger partial charge in [0.15, 0.2) is 11.5 Å². The van der Waals surface area contributed by atoms with E-state index in [1.165, 1.54) is 5.56 Å². The first kappa shape index (κ1) is 16.9. The van der Waals surface area contributed by atoms with Crippen LogP contribution in [0, 0.1) is 0 Å². The molecule has 0 saturated heterocycles. The summed E-state index contributed by atoms with van der Waals surface area (Å²) in [5.41, 5.74) is 2.30. The van der Waals surface area contributed by atoms with E-state index < -0.39 is 0 Å². The van der Waals surface area contributed by atoms with Gasteiger partial charge < -0.3 is 20.1 Å². The van der Waals surface area contributed by atoms with E-state index in [1.54, 1.807) is 24.4 Å². The van der Waals surface area contributed by atoms with E-state index in [0.717, 1.165) is 5.82 Å². The lowest BCUT2D eigenvalue weighted by atomic mass is 10.1. The summed E-state index contributed by atoms with van der Waals surface area (Å²) in [5.74, 6) is 1.74. The van der Waals surface area contributed by atoms with Crippen molar-refractivity contribution in [3.05, 3.63) is 78.0 Å². The Morgan fingerprint density at radius 2 is 1.85 bits per heavy atom. The number of benzene rings is 2. The minimum absolute atomic E-state index is 0.132. The molecule has 6 nitrogen and oxygen atoms in total. The zero-order valence-corrected chi connectivity index (χ0v) is 14.8. The highest BCUT2D eigenvalue weighted by Crippen LogP contribution is 2.32. The maximum atomic E-state index is 12.4. The van der Waals surface area contributed by atoms with Gasteiger partial charge in [-0.2, -0.15) is 0 Å². The molecular formula is C21H19N3O3. The first-order valence-corrected chi connectivity index (χ1v) is 8.67. The standard InChI is InChI=1S/C21H19N3O3/c1-14(15-5-3-2-4-6-15)23-20-10-8-17(12-22-20)24-21(25)16-7-9-18-19(11-16)27-13-26-18/h2-12,14H,13H2,1H3,(H,22,23)(H,24,25). The van der Waals surface area contributed by atoms with Crippen LogP contribution in [0.15, 0.2) is 66.9 Å². The van der Waals surface area contributed by atoms with Gasteiger partial charge in [0, 0.05) is 11.6 Å². The van der Waals surface area contributed by atoms with E-state index in [0.29, 0.717) is 22.7 Å². The fourth-order valence-corrected chi connectivity index (χ4v) is 2.84. The van der Waals surface area contributed by atoms with Crippen molar-refractivity contribution >= 4 is 17.4 Å². The van der Waals surface area contributed by atoms with Gasteiger partial charge >= 0.3 is 0 Å². The van der Waals surface area contributed by atoms with Crippen LogP contribution in [0.5, 0.6) is 11.5 Å². The van der Waals surface area contributed by atoms with E-state index in [1.807, 2.05) is 30.3 Å². The zero-order chi connectivity index (χ0) is 18.6. The monoisotopic (exact) mass is 361 g/mol. The highest BCUT2D eigenvalue weighted by molar-refractivity contribution is 6.04. The largest absolute Gasteiger partial charge is 0.454 e. The first-order valence-electron chi connectivity index (χ1n) is 8.67. The van der Waals surface area contributed by atoms with Gasteiger partial charge in [-0.1, -0.05) is 30.3 Å². The molecule has 1 aromatic heterocycles. The Labute approximate surface area is 157 Å². The summed E-state index contributed by atoms with van der Waals surface area (Å²) in [5, 5.41) is 6.18. The van der Waals surface area contributed by atoms with E-state index in [9.17, 15) is 4.79 Å². The second-order valence-electron chi connectivity index (χ2n) is 6.23. The van der Waals surface area contributed by atoms with Crippen LogP contribution >= 0.6 is 0 Å². The molecule has 1 amide bonds. The molecular weight excluding hydrogens is 342 g/mol. The van der Waals surface area contributed by atoms with Crippen LogP contribution in [0.25, 0.3) is 0 Å². The Morgan fingerprint density at radius 3 is 2.63 bits per heavy atom. The molecule has 1 unspecified atom stereocenters. The highest BCUT2D eigenvalue weighted by atomic mass is 16.7. The van der Waals surface area contributed by atoms with Crippen LogP contribution in [0.3, 0.4) is 0 Å². The maximum Gasteiger partial charge on any atom is 0.255 e. The number of nitrogens with zero attached hydrogens (tertiary/aromatic N) is 1. The Morgan fingerprint density at radius 1 is 1.04 bits per heavy atom. The summed E-state index contributed by atoms with van der Waals surface area (Å²) in [7, 11) is 0. The number of aromatic nitrogens is 1. The molecule has 2 aromatic carbocycles. The topological polar surface area (TPSA) is 72.5 Å². The van der Waals surface area contributed by atoms with Gasteiger partial charge in [0.05, 0.1) is 11.9 Å². The second-order valence-corrected chi connectivity index (χ2v) is 6.23. The fraction of sp³-hybridized carbons (Fsp3) is 0.143. The number of amides is 1. The third-order valence-electron chi connectivity index (χ3n) is 4.32. The smallest absolute Gasteiger partial charge is 0.255 e. The number of fused-ring (bicyclic) bond motifs is 1. The minimum Gasteiger partial charge on any atom is -0.454 e. The Bertz CT molecular complexity index is 943. The van der Waals surface area contributed by atoms with Gasteiger partial charge in [-0.05, 0) is 42.8 Å². The number of rotatable bonds is 5. The van der Waals surface area contributed by atoms with Gasteiger partial charge in [0.2, 0.25) is 6.79 Å². The number of nitrogens with one attached hydrogen (secondary N) is 2. The van der Waals surface area contributed by atoms with Gasteiger partial charge in [0.25, 0.3) is 5.91 Å². The van der Waals surface area contributed by atoms with Crippen molar-refractivity contribution < 1.29 is 14.3 Å². The molecule has 1 aliphatic rings. The van der Waals surface area contributed by atoms with E-state index in [2.05, 4.69) is 34.7 Å². The normalized spacial score (nSPS) is 13.1. The first-order chi connectivity index (χ1) is 13.2. The lowest BCUT2D eigenvalue weighted by Crippen LogP contribution is -2.12. The molecule has 1 atom stereocenters. The summed E-state index contributed by atoms with van der Waals surface area (Å²) in [4.78, 5) is 16.8. The Kier molecular flexibility index (Phi) is 4.61. The van der Waals surface area contributed by atoms with Crippen molar-refractivity contribution in [2.75, 3.05) is 17.4 Å². The van der Waals surface area contributed by atoms with E-state index >= 15 is 0 Å². The second kappa shape index (κ2) is 7.37. The fourth-order valence-electron chi connectivity index (χ4n) is 2.84. The molecule has 0 fully saturated rings. The molecule has 0 aliphatic carbocycles. The quantitative estimate of drug-likeness (QED) is 0.711. The van der Waals surface area contributed by atoms with Gasteiger partial charge in [-0.25, -0.2) is 4.98 Å². The number of hydrogen-bond donors (Lipinski definition) is 2. The van der Waals surface area contributed by atoms with Crippen molar-refractivity contribution in [3.8, 4) is 11.5 Å². The summed E-state index contributed by atoms with van der Waals surface area (Å²) >= 11 is 0. The third kappa shape index (κ3) is 3.84. The molecule has 2 heterocycles. The van der Waals surface area contributed by atoms with Gasteiger partial charge in [-0.15, -0.1) is 0 Å². The van der Waals surface area contributed by atoms with Gasteiger partial charge in [-0.3, -0.25) is 4.79 Å². The SMILES string of the molecule is CC(Nc1ccc(NC(=O)c2ccc3c(c2)OCO3)cn1)c1ccccc1. The molecule has 27 heavy (non-hydrogen) atoms. The summed E-state index contributed by atoms with van der Waals surface area (Å²) < 4.78 is 10.6. The predicted octanol–water partition coefficient (Wildman–Crippen LogP) is 4.24. The third-order valence-corrected chi connectivity index (χ3v) is 4.32. The van der Waals surface area contributed by atoms with Crippen LogP contribution in [0.2, 0.25) is 0 Å². The summed E-state index contributed by atoms with van der Waals surface area (Å²) in [6.07, 6.45) is 1.63. The average molecular weight is 361 g/mol. The number of ether oxygens (including phenoxy) is 2. The highest BCUT2D eigenvalue weighted by Gasteiger charge is 2.16. The molecule has 4 rings (SSSR count). The van der Waals surface area contributed by atoms with Gasteiger partial charge in [0.1, 0.15) is 5.82 Å². The summed E-state index contributed by atoms with van der Waals surface area (Å²) in [6.45, 7) is 2.26. The number of hydrogen-bond acceptors (Lipinski definition) is 5. The summed E-state index contributed by atoms with van der Waals surface area (Å²) in [6, 6.07) is 19.0. The number of anilines is 2. The average Bonchev–Trinajstić information content (AvgIpc) is 3.18. The maximum absolute atomic E-state index is 12.4. The molecule has 136 valence electrons. The van der Waals surface area contributed by atoms with Crippen molar-refractivity contribution in [3.63, 3.8) is 0 Å². The van der Waals surface area contributed by atoms with E-state index in [4.69, 9.17) is 9.47 Å². The Balaban J connectivity index is 1.39. The zero-order valence-electron chi connectivity index (χ0n) is 14.8. The van der Waals surface area contributed by atoms with Crippen LogP contribution in [0.4, 0.5) is 11.5 Å². The molecule has 2 N–H and O–H groups in total. The predicted molar refractivity (Wildman–Crippen MR) is 103 cm³/mol. The molecule has 3 aromatic rings. The van der Waals surface area contributed by atoms with Crippen molar-refractivity contribution in [1.29, 1.82) is 0 Å². The van der Waals surface area contributed by atoms with Crippen molar-refractivity contribution in [2.45, 2.75) is 13.0 Å². The van der Waals surface area contributed by atoms with Crippen molar-refractivity contribution in [2.24, 2.45) is 0 Å². The molecule has 0 spiro atoms. The van der Waals surface area contributed by atoms with Crippen LogP contribution in [-0.2, 0) is 0 Å². The van der Waals surface area contributed by atoms with Crippen LogP contribution < -0.4 is 20.1 Å². The van der Waals surface area contributed by atoms with Crippen LogP contribution in [-0.4, -0.2) is 17.7 Å². The van der Waals surface area contributed by atoms with E-state index in [-0.39, 0.29) is 18.7 Å². The minimum atomic E-state index is -0.228. The molecule has 6 heteroatoms. The lowest BCUT2D eigenvalue weighted by Gasteiger charge is -2.15. The number of carbonyl (C=O) groups excluding carboxylic acids is 1.